The van der Waals surface area contributed by atoms with Gasteiger partial charge in [-0.15, -0.1) is 0 Å². The molecule has 2 rings (SSSR count). The van der Waals surface area contributed by atoms with Crippen molar-refractivity contribution < 1.29 is 9.90 Å². The molecule has 1 aliphatic rings. The van der Waals surface area contributed by atoms with E-state index in [0.29, 0.717) is 19.6 Å². The van der Waals surface area contributed by atoms with Crippen LogP contribution in [0.5, 0.6) is 0 Å². The average molecular weight is 249 g/mol. The predicted octanol–water partition coefficient (Wildman–Crippen LogP) is -0.337. The van der Waals surface area contributed by atoms with Crippen molar-refractivity contribution in [3.63, 3.8) is 0 Å². The molecule has 5 heteroatoms. The number of carbonyl (C=O) groups is 1. The molecule has 1 aliphatic heterocycles. The first-order valence-electron chi connectivity index (χ1n) is 6.20. The summed E-state index contributed by atoms with van der Waals surface area (Å²) < 4.78 is 0. The molecular weight excluding hydrogens is 230 g/mol. The summed E-state index contributed by atoms with van der Waals surface area (Å²) >= 11 is 0. The highest BCUT2D eigenvalue weighted by Gasteiger charge is 2.33. The van der Waals surface area contributed by atoms with Crippen molar-refractivity contribution in [2.24, 2.45) is 5.92 Å². The molecule has 1 aromatic rings. The zero-order valence-electron chi connectivity index (χ0n) is 10.5. The van der Waals surface area contributed by atoms with Crippen LogP contribution >= 0.6 is 0 Å². The Kier molecular flexibility index (Phi) is 4.28. The number of pyridine rings is 1. The average Bonchev–Trinajstić information content (AvgIpc) is 2.73. The van der Waals surface area contributed by atoms with Gasteiger partial charge >= 0.3 is 0 Å². The summed E-state index contributed by atoms with van der Waals surface area (Å²) in [6, 6.07) is 3.90. The van der Waals surface area contributed by atoms with Crippen LogP contribution < -0.4 is 5.32 Å². The Labute approximate surface area is 107 Å². The molecule has 2 heterocycles. The number of aliphatic hydroxyl groups excluding tert-OH is 1. The lowest BCUT2D eigenvalue weighted by atomic mass is 9.97. The third-order valence-electron chi connectivity index (χ3n) is 3.33. The minimum Gasteiger partial charge on any atom is -0.391 e. The highest BCUT2D eigenvalue weighted by molar-refractivity contribution is 5.78. The van der Waals surface area contributed by atoms with E-state index in [1.165, 1.54) is 0 Å². The van der Waals surface area contributed by atoms with Crippen LogP contribution in [-0.4, -0.2) is 53.7 Å². The molecule has 1 fully saturated rings. The maximum Gasteiger partial charge on any atom is 0.236 e. The number of hydrogen-bond donors (Lipinski definition) is 2. The van der Waals surface area contributed by atoms with Crippen LogP contribution in [0.4, 0.5) is 0 Å². The Morgan fingerprint density at radius 2 is 2.22 bits per heavy atom. The first kappa shape index (κ1) is 13.0. The van der Waals surface area contributed by atoms with Crippen molar-refractivity contribution in [1.29, 1.82) is 0 Å². The number of likely N-dealkylation sites (N-methyl/N-ethyl adjacent to an activating group) is 1. The van der Waals surface area contributed by atoms with Gasteiger partial charge in [-0.25, -0.2) is 0 Å². The van der Waals surface area contributed by atoms with E-state index in [2.05, 4.69) is 10.3 Å². The molecule has 0 aromatic carbocycles. The second kappa shape index (κ2) is 5.93. The first-order valence-corrected chi connectivity index (χ1v) is 6.20. The number of aromatic nitrogens is 1. The monoisotopic (exact) mass is 249 g/mol. The van der Waals surface area contributed by atoms with Crippen molar-refractivity contribution in [3.8, 4) is 0 Å². The molecule has 0 aliphatic carbocycles. The van der Waals surface area contributed by atoms with Gasteiger partial charge in [0.2, 0.25) is 5.91 Å². The van der Waals surface area contributed by atoms with Gasteiger partial charge in [-0.3, -0.25) is 9.78 Å². The van der Waals surface area contributed by atoms with E-state index in [4.69, 9.17) is 0 Å². The van der Waals surface area contributed by atoms with Crippen molar-refractivity contribution in [2.45, 2.75) is 12.5 Å². The van der Waals surface area contributed by atoms with Crippen LogP contribution in [-0.2, 0) is 11.2 Å². The predicted molar refractivity (Wildman–Crippen MR) is 67.9 cm³/mol. The summed E-state index contributed by atoms with van der Waals surface area (Å²) in [5.41, 5.74) is 1.15. The molecule has 0 saturated carbocycles. The number of carbonyl (C=O) groups excluding carboxylic acids is 1. The van der Waals surface area contributed by atoms with E-state index in [1.54, 1.807) is 24.3 Å². The Balaban J connectivity index is 1.93. The van der Waals surface area contributed by atoms with Crippen molar-refractivity contribution in [2.75, 3.05) is 26.7 Å². The molecular formula is C13H19N3O2. The molecule has 1 aromatic heterocycles. The minimum absolute atomic E-state index is 0.0498. The van der Waals surface area contributed by atoms with Crippen molar-refractivity contribution >= 4 is 5.91 Å². The summed E-state index contributed by atoms with van der Waals surface area (Å²) in [6.07, 6.45) is 3.85. The van der Waals surface area contributed by atoms with Crippen LogP contribution in [0.3, 0.4) is 0 Å². The highest BCUT2D eigenvalue weighted by Crippen LogP contribution is 2.21. The zero-order valence-corrected chi connectivity index (χ0v) is 10.5. The Morgan fingerprint density at radius 1 is 1.50 bits per heavy atom. The number of likely N-dealkylation sites (tertiary alicyclic amines) is 1. The number of hydrogen-bond acceptors (Lipinski definition) is 4. The summed E-state index contributed by atoms with van der Waals surface area (Å²) in [7, 11) is 1.75. The topological polar surface area (TPSA) is 65.5 Å². The van der Waals surface area contributed by atoms with Crippen molar-refractivity contribution in [1.82, 2.24) is 15.2 Å². The maximum atomic E-state index is 11.7. The van der Waals surface area contributed by atoms with Gasteiger partial charge in [-0.2, -0.15) is 0 Å². The molecule has 2 atom stereocenters. The fraction of sp³-hybridized carbons (Fsp3) is 0.538. The van der Waals surface area contributed by atoms with Crippen LogP contribution in [0.2, 0.25) is 0 Å². The molecule has 2 N–H and O–H groups in total. The van der Waals surface area contributed by atoms with Crippen LogP contribution in [0.1, 0.15) is 5.56 Å². The molecule has 1 saturated heterocycles. The van der Waals surface area contributed by atoms with Crippen LogP contribution in [0.15, 0.2) is 24.5 Å². The largest absolute Gasteiger partial charge is 0.391 e. The second-order valence-electron chi connectivity index (χ2n) is 4.72. The maximum absolute atomic E-state index is 11.7. The lowest BCUT2D eigenvalue weighted by Crippen LogP contribution is -2.36. The number of rotatable bonds is 4. The van der Waals surface area contributed by atoms with E-state index in [9.17, 15) is 9.90 Å². The van der Waals surface area contributed by atoms with E-state index in [1.807, 2.05) is 12.1 Å². The van der Waals surface area contributed by atoms with E-state index in [-0.39, 0.29) is 11.8 Å². The number of β-amino-alcohol motifs (C(OH)–C–C–N with tert-alkyl or cyclic N) is 1. The minimum atomic E-state index is -0.432. The highest BCUT2D eigenvalue weighted by atomic mass is 16.3. The van der Waals surface area contributed by atoms with Gasteiger partial charge in [0.15, 0.2) is 0 Å². The zero-order chi connectivity index (χ0) is 13.0. The van der Waals surface area contributed by atoms with E-state index >= 15 is 0 Å². The second-order valence-corrected chi connectivity index (χ2v) is 4.72. The van der Waals surface area contributed by atoms with Gasteiger partial charge in [0, 0.05) is 31.4 Å². The van der Waals surface area contributed by atoms with Gasteiger partial charge in [-0.1, -0.05) is 0 Å². The summed E-state index contributed by atoms with van der Waals surface area (Å²) in [4.78, 5) is 17.4. The SMILES string of the molecule is CNCC(=O)N1C[C@@H](Cc2ccncc2)[C@H](O)C1. The lowest BCUT2D eigenvalue weighted by Gasteiger charge is -2.15. The van der Waals surface area contributed by atoms with Crippen LogP contribution in [0, 0.1) is 5.92 Å². The first-order chi connectivity index (χ1) is 8.70. The molecule has 0 spiro atoms. The van der Waals surface area contributed by atoms with Gasteiger partial charge in [0.25, 0.3) is 0 Å². The summed E-state index contributed by atoms with van der Waals surface area (Å²) in [5.74, 6) is 0.169. The molecule has 0 bridgehead atoms. The molecule has 98 valence electrons. The van der Waals surface area contributed by atoms with Gasteiger partial charge in [0.05, 0.1) is 12.6 Å². The number of aliphatic hydroxyl groups is 1. The van der Waals surface area contributed by atoms with E-state index in [0.717, 1.165) is 12.0 Å². The standard InChI is InChI=1S/C13H19N3O2/c1-14-7-13(18)16-8-11(12(17)9-16)6-10-2-4-15-5-3-10/h2-5,11-12,14,17H,6-9H2,1H3/t11-,12-/m1/s1. The number of nitrogens with one attached hydrogen (secondary N) is 1. The summed E-state index contributed by atoms with van der Waals surface area (Å²) in [6.45, 7) is 1.40. The molecule has 18 heavy (non-hydrogen) atoms. The molecule has 1 amide bonds. The third kappa shape index (κ3) is 3.05. The Morgan fingerprint density at radius 3 is 2.89 bits per heavy atom. The number of nitrogens with zero attached hydrogens (tertiary/aromatic N) is 2. The number of amides is 1. The van der Waals surface area contributed by atoms with E-state index < -0.39 is 6.10 Å². The Hall–Kier alpha value is -1.46. The fourth-order valence-corrected chi connectivity index (χ4v) is 2.34. The van der Waals surface area contributed by atoms with Crippen molar-refractivity contribution in [3.05, 3.63) is 30.1 Å². The smallest absolute Gasteiger partial charge is 0.236 e. The Bertz CT molecular complexity index is 396. The lowest BCUT2D eigenvalue weighted by molar-refractivity contribution is -0.129. The molecule has 0 unspecified atom stereocenters. The summed E-state index contributed by atoms with van der Waals surface area (Å²) in [5, 5.41) is 12.9. The van der Waals surface area contributed by atoms with Gasteiger partial charge in [-0.05, 0) is 31.2 Å². The molecule has 5 nitrogen and oxygen atoms in total. The quantitative estimate of drug-likeness (QED) is 0.766. The molecule has 0 radical (unpaired) electrons. The van der Waals surface area contributed by atoms with Gasteiger partial charge < -0.3 is 15.3 Å². The van der Waals surface area contributed by atoms with Gasteiger partial charge in [0.1, 0.15) is 0 Å². The third-order valence-corrected chi connectivity index (χ3v) is 3.33. The van der Waals surface area contributed by atoms with Crippen LogP contribution in [0.25, 0.3) is 0 Å². The normalized spacial score (nSPS) is 23.3. The fourth-order valence-electron chi connectivity index (χ4n) is 2.34.